The van der Waals surface area contributed by atoms with Gasteiger partial charge in [0.15, 0.2) is 0 Å². The smallest absolute Gasteiger partial charge is 0.244 e. The lowest BCUT2D eigenvalue weighted by Gasteiger charge is -2.43. The molecule has 0 saturated carbocycles. The molecule has 2 aliphatic rings. The highest BCUT2D eigenvalue weighted by atomic mass is 16.5. The highest BCUT2D eigenvalue weighted by molar-refractivity contribution is 5.81. The van der Waals surface area contributed by atoms with E-state index < -0.39 is 0 Å². The second-order valence-electron chi connectivity index (χ2n) is 9.77. The molecular formula is C25H30N2O. The lowest BCUT2D eigenvalue weighted by atomic mass is 9.62. The summed E-state index contributed by atoms with van der Waals surface area (Å²) in [5.41, 5.74) is 6.57. The first-order chi connectivity index (χ1) is 13.3. The van der Waals surface area contributed by atoms with Gasteiger partial charge in [-0.25, -0.2) is 0 Å². The maximum atomic E-state index is 6.64. The van der Waals surface area contributed by atoms with Crippen LogP contribution in [0.1, 0.15) is 71.4 Å². The van der Waals surface area contributed by atoms with Gasteiger partial charge in [0.2, 0.25) is 6.33 Å². The third-order valence-corrected chi connectivity index (χ3v) is 6.82. The van der Waals surface area contributed by atoms with E-state index >= 15 is 0 Å². The molecule has 0 atom stereocenters. The summed E-state index contributed by atoms with van der Waals surface area (Å²) < 4.78 is 11.1. The van der Waals surface area contributed by atoms with Gasteiger partial charge in [0.25, 0.3) is 0 Å². The van der Waals surface area contributed by atoms with Crippen molar-refractivity contribution in [3.8, 4) is 17.2 Å². The van der Waals surface area contributed by atoms with Crippen molar-refractivity contribution < 1.29 is 9.30 Å². The van der Waals surface area contributed by atoms with Gasteiger partial charge in [-0.15, -0.1) is 0 Å². The van der Waals surface area contributed by atoms with E-state index in [1.807, 2.05) is 0 Å². The van der Waals surface area contributed by atoms with Gasteiger partial charge in [-0.3, -0.25) is 0 Å². The minimum absolute atomic E-state index is 0.104. The molecule has 0 spiro atoms. The molecule has 0 unspecified atom stereocenters. The summed E-state index contributed by atoms with van der Waals surface area (Å²) in [6.07, 6.45) is 8.35. The van der Waals surface area contributed by atoms with E-state index in [9.17, 15) is 0 Å². The Morgan fingerprint density at radius 3 is 2.64 bits per heavy atom. The predicted octanol–water partition coefficient (Wildman–Crippen LogP) is 5.97. The third-order valence-electron chi connectivity index (χ3n) is 6.82. The van der Waals surface area contributed by atoms with Gasteiger partial charge in [0, 0.05) is 0 Å². The molecule has 0 N–H and O–H groups in total. The number of aryl methyl sites for hydroxylation is 1. The predicted molar refractivity (Wildman–Crippen MR) is 113 cm³/mol. The Balaban J connectivity index is 1.79. The number of rotatable bonds is 3. The molecule has 2 heterocycles. The number of nitrogens with zero attached hydrogens (tertiary/aromatic N) is 2. The summed E-state index contributed by atoms with van der Waals surface area (Å²) in [6.45, 7) is 12.7. The van der Waals surface area contributed by atoms with Gasteiger partial charge in [0.05, 0.1) is 23.3 Å². The van der Waals surface area contributed by atoms with E-state index in [0.29, 0.717) is 0 Å². The number of hydrogen-bond donors (Lipinski definition) is 0. The second-order valence-corrected chi connectivity index (χ2v) is 9.77. The minimum Gasteiger partial charge on any atom is -0.469 e. The number of para-hydroxylation sites is 1. The van der Waals surface area contributed by atoms with Gasteiger partial charge >= 0.3 is 0 Å². The molecule has 0 saturated heterocycles. The van der Waals surface area contributed by atoms with E-state index in [1.165, 1.54) is 35.9 Å². The van der Waals surface area contributed by atoms with Crippen LogP contribution in [0.4, 0.5) is 0 Å². The van der Waals surface area contributed by atoms with Gasteiger partial charge in [-0.2, -0.15) is 0 Å². The SMILES string of the molecule is CCCCn1[c-][n+]2c3c(cccc31)Oc1c-2ccc2c1C(C)(C)CCC2(C)C. The molecule has 1 aromatic heterocycles. The third kappa shape index (κ3) is 2.38. The Hall–Kier alpha value is -2.29. The van der Waals surface area contributed by atoms with Crippen LogP contribution in [0.5, 0.6) is 11.5 Å². The topological polar surface area (TPSA) is 18.0 Å². The van der Waals surface area contributed by atoms with Crippen molar-refractivity contribution in [2.24, 2.45) is 0 Å². The highest BCUT2D eigenvalue weighted by Crippen LogP contribution is 2.52. The van der Waals surface area contributed by atoms with E-state index in [2.05, 4.69) is 80.4 Å². The van der Waals surface area contributed by atoms with Crippen LogP contribution in [0, 0.1) is 6.33 Å². The maximum absolute atomic E-state index is 6.64. The first-order valence-electron chi connectivity index (χ1n) is 10.7. The Kier molecular flexibility index (Phi) is 3.72. The molecule has 3 aromatic rings. The van der Waals surface area contributed by atoms with Crippen molar-refractivity contribution in [2.45, 2.75) is 77.7 Å². The minimum atomic E-state index is 0.104. The number of hydrogen-bond acceptors (Lipinski definition) is 1. The Morgan fingerprint density at radius 2 is 1.86 bits per heavy atom. The lowest BCUT2D eigenvalue weighted by Crippen LogP contribution is -2.38. The van der Waals surface area contributed by atoms with Crippen LogP contribution in [0.2, 0.25) is 0 Å². The first-order valence-corrected chi connectivity index (χ1v) is 10.7. The van der Waals surface area contributed by atoms with Crippen LogP contribution >= 0.6 is 0 Å². The average molecular weight is 375 g/mol. The monoisotopic (exact) mass is 374 g/mol. The van der Waals surface area contributed by atoms with E-state index in [0.717, 1.165) is 35.7 Å². The zero-order valence-corrected chi connectivity index (χ0v) is 17.7. The van der Waals surface area contributed by atoms with Crippen molar-refractivity contribution in [3.63, 3.8) is 0 Å². The van der Waals surface area contributed by atoms with Crippen LogP contribution in [-0.2, 0) is 17.4 Å². The van der Waals surface area contributed by atoms with Crippen molar-refractivity contribution in [1.29, 1.82) is 0 Å². The Bertz CT molecular complexity index is 1090. The zero-order valence-electron chi connectivity index (χ0n) is 17.7. The molecule has 0 amide bonds. The summed E-state index contributed by atoms with van der Waals surface area (Å²) in [5, 5.41) is 0. The van der Waals surface area contributed by atoms with Crippen LogP contribution < -0.4 is 9.30 Å². The molecule has 0 bridgehead atoms. The molecule has 5 rings (SSSR count). The molecule has 1 aliphatic heterocycles. The fourth-order valence-electron chi connectivity index (χ4n) is 5.00. The van der Waals surface area contributed by atoms with Crippen molar-refractivity contribution >= 4 is 11.0 Å². The van der Waals surface area contributed by atoms with E-state index in [4.69, 9.17) is 4.74 Å². The summed E-state index contributed by atoms with van der Waals surface area (Å²) in [7, 11) is 0. The van der Waals surface area contributed by atoms with Crippen molar-refractivity contribution in [2.75, 3.05) is 0 Å². The van der Waals surface area contributed by atoms with Crippen molar-refractivity contribution in [1.82, 2.24) is 4.57 Å². The molecule has 28 heavy (non-hydrogen) atoms. The maximum Gasteiger partial charge on any atom is 0.244 e. The molecule has 3 nitrogen and oxygen atoms in total. The van der Waals surface area contributed by atoms with E-state index in [1.54, 1.807) is 0 Å². The lowest BCUT2D eigenvalue weighted by molar-refractivity contribution is -0.575. The van der Waals surface area contributed by atoms with Gasteiger partial charge in [-0.05, 0) is 47.3 Å². The Labute approximate surface area is 168 Å². The van der Waals surface area contributed by atoms with Gasteiger partial charge in [-0.1, -0.05) is 65.3 Å². The molecule has 3 heteroatoms. The molecule has 0 fully saturated rings. The zero-order chi connectivity index (χ0) is 19.7. The number of ether oxygens (including phenoxy) is 1. The number of unbranched alkanes of at least 4 members (excludes halogenated alkanes) is 1. The van der Waals surface area contributed by atoms with Crippen LogP contribution in [-0.4, -0.2) is 4.57 Å². The standard InChI is InChI=1S/C25H30N2O/c1-6-7-15-26-16-27-19-12-11-17-21(25(4,5)14-13-24(17,2)3)23(19)28-20-10-8-9-18(26)22(20)27/h8-12H,6-7,13-15H2,1-5H3. The van der Waals surface area contributed by atoms with Crippen LogP contribution in [0.3, 0.4) is 0 Å². The molecular weight excluding hydrogens is 344 g/mol. The van der Waals surface area contributed by atoms with Crippen molar-refractivity contribution in [3.05, 3.63) is 47.8 Å². The number of aromatic nitrogens is 2. The number of fused-ring (bicyclic) bond motifs is 4. The largest absolute Gasteiger partial charge is 0.469 e. The summed E-state index contributed by atoms with van der Waals surface area (Å²) in [4.78, 5) is 0. The van der Waals surface area contributed by atoms with Gasteiger partial charge in [0.1, 0.15) is 11.5 Å². The number of benzene rings is 2. The second kappa shape index (κ2) is 5.85. The molecule has 0 radical (unpaired) electrons. The van der Waals surface area contributed by atoms with Gasteiger partial charge < -0.3 is 13.9 Å². The van der Waals surface area contributed by atoms with Crippen LogP contribution in [0.25, 0.3) is 16.7 Å². The molecule has 1 aliphatic carbocycles. The highest BCUT2D eigenvalue weighted by Gasteiger charge is 2.41. The fourth-order valence-corrected chi connectivity index (χ4v) is 5.00. The first kappa shape index (κ1) is 17.8. The molecule has 2 aromatic carbocycles. The summed E-state index contributed by atoms with van der Waals surface area (Å²) in [6, 6.07) is 11.0. The quantitative estimate of drug-likeness (QED) is 0.319. The fraction of sp³-hybridized carbons (Fsp3) is 0.480. The normalized spacial score (nSPS) is 18.5. The van der Waals surface area contributed by atoms with E-state index in [-0.39, 0.29) is 10.8 Å². The van der Waals surface area contributed by atoms with Crippen LogP contribution in [0.15, 0.2) is 30.3 Å². The Morgan fingerprint density at radius 1 is 1.07 bits per heavy atom. The number of imidazole rings is 1. The summed E-state index contributed by atoms with van der Waals surface area (Å²) in [5.74, 6) is 1.98. The summed E-state index contributed by atoms with van der Waals surface area (Å²) >= 11 is 0. The molecule has 146 valence electrons. The average Bonchev–Trinajstić information content (AvgIpc) is 3.04.